The van der Waals surface area contributed by atoms with Crippen molar-refractivity contribution in [2.24, 2.45) is 5.73 Å². The summed E-state index contributed by atoms with van der Waals surface area (Å²) in [5, 5.41) is 0. The smallest absolute Gasteiger partial charge is 0.351 e. The first-order valence-corrected chi connectivity index (χ1v) is 6.00. The summed E-state index contributed by atoms with van der Waals surface area (Å²) in [6.07, 6.45) is -2.90. The van der Waals surface area contributed by atoms with E-state index in [9.17, 15) is 19.2 Å². The van der Waals surface area contributed by atoms with Crippen LogP contribution in [0.4, 0.5) is 0 Å². The van der Waals surface area contributed by atoms with E-state index in [2.05, 4.69) is 9.47 Å². The molecule has 1 unspecified atom stereocenters. The Morgan fingerprint density at radius 2 is 1.48 bits per heavy atom. The molecule has 3 atom stereocenters. The first-order valence-electron chi connectivity index (χ1n) is 6.00. The van der Waals surface area contributed by atoms with Crippen molar-refractivity contribution in [3.8, 4) is 0 Å². The van der Waals surface area contributed by atoms with Crippen molar-refractivity contribution in [3.05, 3.63) is 0 Å². The normalized spacial score (nSPS) is 14.3. The molecule has 0 aromatic heterocycles. The summed E-state index contributed by atoms with van der Waals surface area (Å²) < 4.78 is 18.8. The summed E-state index contributed by atoms with van der Waals surface area (Å²) in [5.41, 5.74) is 5.73. The van der Waals surface area contributed by atoms with E-state index >= 15 is 0 Å². The average molecular weight is 305 g/mol. The van der Waals surface area contributed by atoms with Crippen LogP contribution in [0.15, 0.2) is 0 Å². The molecule has 21 heavy (non-hydrogen) atoms. The van der Waals surface area contributed by atoms with Crippen LogP contribution in [0.25, 0.3) is 0 Å². The maximum Gasteiger partial charge on any atom is 0.351 e. The average Bonchev–Trinajstić information content (AvgIpc) is 2.38. The lowest BCUT2D eigenvalue weighted by Crippen LogP contribution is -2.53. The first-order chi connectivity index (χ1) is 9.68. The third-order valence-corrected chi connectivity index (χ3v) is 2.23. The van der Waals surface area contributed by atoms with E-state index in [0.717, 1.165) is 27.9 Å². The highest BCUT2D eigenvalue weighted by atomic mass is 16.6. The van der Waals surface area contributed by atoms with Crippen LogP contribution in [0.2, 0.25) is 0 Å². The minimum atomic E-state index is -1.55. The number of nitrogens with two attached hydrogens (primary N) is 1. The number of carbonyl (C=O) groups is 4. The summed E-state index contributed by atoms with van der Waals surface area (Å²) in [5.74, 6) is -3.09. The molecule has 9 heteroatoms. The molecule has 0 aromatic carbocycles. The fourth-order valence-corrected chi connectivity index (χ4v) is 1.42. The van der Waals surface area contributed by atoms with Crippen molar-refractivity contribution in [2.45, 2.75) is 39.0 Å². The van der Waals surface area contributed by atoms with Gasteiger partial charge in [0.15, 0.2) is 6.10 Å². The quantitative estimate of drug-likeness (QED) is 0.460. The van der Waals surface area contributed by atoms with Crippen LogP contribution >= 0.6 is 0 Å². The molecule has 0 bridgehead atoms. The van der Waals surface area contributed by atoms with Gasteiger partial charge in [-0.15, -0.1) is 0 Å². The number of methoxy groups -OCH3 is 1. The first kappa shape index (κ1) is 18.8. The lowest BCUT2D eigenvalue weighted by Gasteiger charge is -2.28. The third kappa shape index (κ3) is 7.25. The van der Waals surface area contributed by atoms with Gasteiger partial charge in [-0.2, -0.15) is 0 Å². The van der Waals surface area contributed by atoms with Crippen molar-refractivity contribution < 1.29 is 38.1 Å². The molecule has 0 heterocycles. The maximum atomic E-state index is 11.7. The van der Waals surface area contributed by atoms with Crippen molar-refractivity contribution in [1.29, 1.82) is 0 Å². The molecule has 0 aliphatic rings. The molecule has 120 valence electrons. The van der Waals surface area contributed by atoms with E-state index in [1.54, 1.807) is 0 Å². The molecule has 0 amide bonds. The van der Waals surface area contributed by atoms with E-state index < -0.39 is 42.1 Å². The Morgan fingerprint density at radius 3 is 1.86 bits per heavy atom. The lowest BCUT2D eigenvalue weighted by atomic mass is 10.1. The van der Waals surface area contributed by atoms with Gasteiger partial charge in [-0.05, 0) is 0 Å². The Bertz CT molecular complexity index is 408. The molecule has 0 aliphatic carbocycles. The molecular weight excluding hydrogens is 286 g/mol. The lowest BCUT2D eigenvalue weighted by molar-refractivity contribution is -0.182. The van der Waals surface area contributed by atoms with Crippen molar-refractivity contribution >= 4 is 23.9 Å². The number of esters is 4. The van der Waals surface area contributed by atoms with Gasteiger partial charge in [0.2, 0.25) is 6.10 Å². The Labute approximate surface area is 121 Å². The number of ether oxygens (including phenoxy) is 4. The zero-order valence-corrected chi connectivity index (χ0v) is 12.3. The van der Waals surface area contributed by atoms with Gasteiger partial charge in [-0.3, -0.25) is 14.4 Å². The molecule has 0 fully saturated rings. The molecular formula is C12H19NO8. The molecule has 0 aliphatic heterocycles. The van der Waals surface area contributed by atoms with E-state index in [-0.39, 0.29) is 6.61 Å². The molecule has 0 spiro atoms. The molecule has 9 nitrogen and oxygen atoms in total. The van der Waals surface area contributed by atoms with Crippen LogP contribution < -0.4 is 5.73 Å². The summed E-state index contributed by atoms with van der Waals surface area (Å²) in [6.45, 7) is 2.99. The van der Waals surface area contributed by atoms with Gasteiger partial charge >= 0.3 is 23.9 Å². The van der Waals surface area contributed by atoms with Gasteiger partial charge < -0.3 is 24.7 Å². The van der Waals surface area contributed by atoms with E-state index in [4.69, 9.17) is 15.2 Å². The second-order valence-electron chi connectivity index (χ2n) is 4.09. The number of carbonyl (C=O) groups excluding carboxylic acids is 4. The zero-order chi connectivity index (χ0) is 16.6. The Balaban J connectivity index is 5.19. The predicted octanol–water partition coefficient (Wildman–Crippen LogP) is -1.09. The number of hydrogen-bond donors (Lipinski definition) is 1. The fraction of sp³-hybridized carbons (Fsp3) is 0.667. The topological polar surface area (TPSA) is 131 Å². The third-order valence-electron chi connectivity index (χ3n) is 2.23. The molecule has 0 rings (SSSR count). The largest absolute Gasteiger partial charge is 0.466 e. The standard InChI is InChI=1S/C12H19NO8/c1-6(14)19-5-9(13)10(20-7(2)15)11(12(17)18-4)21-8(3)16/h9-11H,5,13H2,1-4H3/t9?,10-,11-/m1/s1. The van der Waals surface area contributed by atoms with Crippen LogP contribution in [-0.4, -0.2) is 55.8 Å². The van der Waals surface area contributed by atoms with Crippen LogP contribution in [0.3, 0.4) is 0 Å². The zero-order valence-electron chi connectivity index (χ0n) is 12.3. The van der Waals surface area contributed by atoms with Crippen molar-refractivity contribution in [1.82, 2.24) is 0 Å². The highest BCUT2D eigenvalue weighted by Crippen LogP contribution is 2.12. The molecule has 2 N–H and O–H groups in total. The molecule has 0 saturated carbocycles. The Morgan fingerprint density at radius 1 is 0.952 bits per heavy atom. The monoisotopic (exact) mass is 305 g/mol. The van der Waals surface area contributed by atoms with Gasteiger partial charge in [0.1, 0.15) is 6.61 Å². The highest BCUT2D eigenvalue weighted by molar-refractivity contribution is 5.80. The SMILES string of the molecule is COC(=O)[C@H](OC(C)=O)[C@H](OC(C)=O)C(N)COC(C)=O. The molecule has 0 saturated heterocycles. The van der Waals surface area contributed by atoms with E-state index in [1.807, 2.05) is 0 Å². The number of rotatable bonds is 7. The summed E-state index contributed by atoms with van der Waals surface area (Å²) in [6, 6.07) is -1.08. The highest BCUT2D eigenvalue weighted by Gasteiger charge is 2.39. The van der Waals surface area contributed by atoms with Crippen LogP contribution in [-0.2, 0) is 38.1 Å². The summed E-state index contributed by atoms with van der Waals surface area (Å²) in [7, 11) is 1.07. The van der Waals surface area contributed by atoms with Crippen molar-refractivity contribution in [3.63, 3.8) is 0 Å². The molecule has 0 aromatic rings. The van der Waals surface area contributed by atoms with Crippen LogP contribution in [0, 0.1) is 0 Å². The van der Waals surface area contributed by atoms with E-state index in [0.29, 0.717) is 0 Å². The van der Waals surface area contributed by atoms with Crippen LogP contribution in [0.1, 0.15) is 20.8 Å². The summed E-state index contributed by atoms with van der Waals surface area (Å²) >= 11 is 0. The second kappa shape index (κ2) is 8.90. The fourth-order valence-electron chi connectivity index (χ4n) is 1.42. The maximum absolute atomic E-state index is 11.7. The number of hydrogen-bond acceptors (Lipinski definition) is 9. The van der Waals surface area contributed by atoms with Gasteiger partial charge in [0, 0.05) is 20.8 Å². The van der Waals surface area contributed by atoms with Crippen molar-refractivity contribution in [2.75, 3.05) is 13.7 Å². The molecule has 0 radical (unpaired) electrons. The minimum absolute atomic E-state index is 0.331. The van der Waals surface area contributed by atoms with Gasteiger partial charge in [-0.25, -0.2) is 4.79 Å². The second-order valence-corrected chi connectivity index (χ2v) is 4.09. The van der Waals surface area contributed by atoms with Gasteiger partial charge in [0.05, 0.1) is 13.2 Å². The minimum Gasteiger partial charge on any atom is -0.466 e. The predicted molar refractivity (Wildman–Crippen MR) is 67.7 cm³/mol. The van der Waals surface area contributed by atoms with Crippen LogP contribution in [0.5, 0.6) is 0 Å². The van der Waals surface area contributed by atoms with Gasteiger partial charge in [0.25, 0.3) is 0 Å². The van der Waals surface area contributed by atoms with Gasteiger partial charge in [-0.1, -0.05) is 0 Å². The Hall–Kier alpha value is -2.16. The Kier molecular flexibility index (Phi) is 7.99. The van der Waals surface area contributed by atoms with E-state index in [1.165, 1.54) is 0 Å². The summed E-state index contributed by atoms with van der Waals surface area (Å²) in [4.78, 5) is 44.6.